The van der Waals surface area contributed by atoms with Crippen molar-refractivity contribution in [2.75, 3.05) is 12.4 Å². The first-order valence-corrected chi connectivity index (χ1v) is 8.01. The van der Waals surface area contributed by atoms with Gasteiger partial charge in [0.25, 0.3) is 0 Å². The minimum absolute atomic E-state index is 0.416. The zero-order valence-corrected chi connectivity index (χ0v) is 13.0. The van der Waals surface area contributed by atoms with Crippen LogP contribution in [0.5, 0.6) is 0 Å². The second-order valence-corrected chi connectivity index (χ2v) is 6.85. The summed E-state index contributed by atoms with van der Waals surface area (Å²) in [5, 5.41) is 0. The molecule has 1 fully saturated rings. The summed E-state index contributed by atoms with van der Waals surface area (Å²) in [5.41, 5.74) is 1.86. The normalized spacial score (nSPS) is 21.2. The third-order valence-electron chi connectivity index (χ3n) is 4.31. The van der Waals surface area contributed by atoms with Crippen LogP contribution in [0.25, 0.3) is 0 Å². The summed E-state index contributed by atoms with van der Waals surface area (Å²) in [7, 11) is 0. The van der Waals surface area contributed by atoms with E-state index in [0.29, 0.717) is 17.4 Å². The van der Waals surface area contributed by atoms with E-state index in [-0.39, 0.29) is 0 Å². The molecule has 0 amide bonds. The van der Waals surface area contributed by atoms with Gasteiger partial charge in [-0.2, -0.15) is 12.6 Å². The van der Waals surface area contributed by atoms with Crippen molar-refractivity contribution in [3.63, 3.8) is 0 Å². The van der Waals surface area contributed by atoms with Gasteiger partial charge in [0.05, 0.1) is 12.7 Å². The molecule has 0 heterocycles. The first-order chi connectivity index (χ1) is 9.11. The predicted molar refractivity (Wildman–Crippen MR) is 85.0 cm³/mol. The first kappa shape index (κ1) is 14.9. The molecule has 2 rings (SSSR count). The van der Waals surface area contributed by atoms with Gasteiger partial charge in [-0.1, -0.05) is 44.2 Å². The SMILES string of the molecule is CC1(C)CCC(OCC(CS)c2ccccc2)CC1. The highest BCUT2D eigenvalue weighted by atomic mass is 32.1. The molecule has 1 unspecified atom stereocenters. The van der Waals surface area contributed by atoms with Crippen LogP contribution in [0.2, 0.25) is 0 Å². The predicted octanol–water partition coefficient (Wildman–Crippen LogP) is 4.69. The minimum Gasteiger partial charge on any atom is -0.378 e. The number of thiol groups is 1. The molecule has 1 aromatic rings. The van der Waals surface area contributed by atoms with E-state index in [4.69, 9.17) is 4.74 Å². The van der Waals surface area contributed by atoms with Crippen molar-refractivity contribution >= 4 is 12.6 Å². The van der Waals surface area contributed by atoms with Crippen molar-refractivity contribution in [1.29, 1.82) is 0 Å². The Kier molecular flexibility index (Phi) is 5.35. The molecule has 1 aliphatic carbocycles. The largest absolute Gasteiger partial charge is 0.378 e. The fourth-order valence-corrected chi connectivity index (χ4v) is 3.09. The van der Waals surface area contributed by atoms with Gasteiger partial charge >= 0.3 is 0 Å². The molecule has 0 radical (unpaired) electrons. The van der Waals surface area contributed by atoms with Gasteiger partial charge in [0.2, 0.25) is 0 Å². The summed E-state index contributed by atoms with van der Waals surface area (Å²) in [5.74, 6) is 1.27. The average Bonchev–Trinajstić information content (AvgIpc) is 2.42. The van der Waals surface area contributed by atoms with Crippen LogP contribution in [0.4, 0.5) is 0 Å². The Bertz CT molecular complexity index is 364. The zero-order valence-electron chi connectivity index (χ0n) is 12.1. The molecule has 106 valence electrons. The molecule has 1 atom stereocenters. The first-order valence-electron chi connectivity index (χ1n) is 7.38. The van der Waals surface area contributed by atoms with Gasteiger partial charge in [0.1, 0.15) is 0 Å². The topological polar surface area (TPSA) is 9.23 Å². The molecular weight excluding hydrogens is 252 g/mol. The van der Waals surface area contributed by atoms with Gasteiger partial charge in [-0.3, -0.25) is 0 Å². The summed E-state index contributed by atoms with van der Waals surface area (Å²) in [6.07, 6.45) is 5.45. The molecule has 19 heavy (non-hydrogen) atoms. The van der Waals surface area contributed by atoms with Gasteiger partial charge < -0.3 is 4.74 Å². The average molecular weight is 278 g/mol. The number of hydrogen-bond acceptors (Lipinski definition) is 2. The number of hydrogen-bond donors (Lipinski definition) is 1. The van der Waals surface area contributed by atoms with Crippen LogP contribution in [0.3, 0.4) is 0 Å². The van der Waals surface area contributed by atoms with Crippen LogP contribution in [-0.4, -0.2) is 18.5 Å². The van der Waals surface area contributed by atoms with E-state index < -0.39 is 0 Å². The molecule has 0 aliphatic heterocycles. The molecule has 1 saturated carbocycles. The number of benzene rings is 1. The molecule has 1 nitrogen and oxygen atoms in total. The maximum Gasteiger partial charge on any atom is 0.0575 e. The highest BCUT2D eigenvalue weighted by molar-refractivity contribution is 7.80. The molecule has 0 bridgehead atoms. The Morgan fingerprint density at radius 3 is 2.42 bits per heavy atom. The lowest BCUT2D eigenvalue weighted by Gasteiger charge is -2.34. The molecule has 0 saturated heterocycles. The third kappa shape index (κ3) is 4.54. The fourth-order valence-electron chi connectivity index (χ4n) is 2.77. The van der Waals surface area contributed by atoms with E-state index >= 15 is 0 Å². The van der Waals surface area contributed by atoms with Crippen molar-refractivity contribution < 1.29 is 4.74 Å². The van der Waals surface area contributed by atoms with Crippen LogP contribution < -0.4 is 0 Å². The van der Waals surface area contributed by atoms with Crippen molar-refractivity contribution in [3.8, 4) is 0 Å². The van der Waals surface area contributed by atoms with Crippen LogP contribution in [-0.2, 0) is 4.74 Å². The molecule has 0 aromatic heterocycles. The smallest absolute Gasteiger partial charge is 0.0575 e. The summed E-state index contributed by atoms with van der Waals surface area (Å²) >= 11 is 4.47. The molecule has 0 spiro atoms. The van der Waals surface area contributed by atoms with Gasteiger partial charge in [-0.15, -0.1) is 0 Å². The highest BCUT2D eigenvalue weighted by Crippen LogP contribution is 2.36. The summed E-state index contributed by atoms with van der Waals surface area (Å²) in [6, 6.07) is 10.6. The lowest BCUT2D eigenvalue weighted by Crippen LogP contribution is -2.28. The highest BCUT2D eigenvalue weighted by Gasteiger charge is 2.27. The Morgan fingerprint density at radius 2 is 1.84 bits per heavy atom. The fraction of sp³-hybridized carbons (Fsp3) is 0.647. The van der Waals surface area contributed by atoms with Crippen molar-refractivity contribution in [2.45, 2.75) is 51.6 Å². The van der Waals surface area contributed by atoms with Crippen LogP contribution in [0, 0.1) is 5.41 Å². The van der Waals surface area contributed by atoms with Crippen molar-refractivity contribution in [2.24, 2.45) is 5.41 Å². The van der Waals surface area contributed by atoms with Gasteiger partial charge in [-0.05, 0) is 42.4 Å². The van der Waals surface area contributed by atoms with E-state index in [2.05, 4.69) is 56.8 Å². The molecular formula is C17H26OS. The number of ether oxygens (including phenoxy) is 1. The molecule has 1 aliphatic rings. The maximum atomic E-state index is 6.13. The van der Waals surface area contributed by atoms with Gasteiger partial charge in [0.15, 0.2) is 0 Å². The van der Waals surface area contributed by atoms with E-state index in [0.717, 1.165) is 12.4 Å². The number of rotatable bonds is 5. The lowest BCUT2D eigenvalue weighted by molar-refractivity contribution is -0.000255. The zero-order chi connectivity index (χ0) is 13.7. The van der Waals surface area contributed by atoms with E-state index in [9.17, 15) is 0 Å². The van der Waals surface area contributed by atoms with E-state index in [1.54, 1.807) is 0 Å². The maximum absolute atomic E-state index is 6.13. The molecule has 1 aromatic carbocycles. The molecule has 2 heteroatoms. The quantitative estimate of drug-likeness (QED) is 0.769. The van der Waals surface area contributed by atoms with Gasteiger partial charge in [-0.25, -0.2) is 0 Å². The molecule has 0 N–H and O–H groups in total. The summed E-state index contributed by atoms with van der Waals surface area (Å²) < 4.78 is 6.13. The summed E-state index contributed by atoms with van der Waals surface area (Å²) in [6.45, 7) is 5.53. The Morgan fingerprint density at radius 1 is 1.21 bits per heavy atom. The Labute approximate surface area is 123 Å². The minimum atomic E-state index is 0.416. The third-order valence-corrected chi connectivity index (χ3v) is 4.75. The standard InChI is InChI=1S/C17H26OS/c1-17(2)10-8-16(9-11-17)18-12-15(13-19)14-6-4-3-5-7-14/h3-7,15-16,19H,8-13H2,1-2H3. The summed E-state index contributed by atoms with van der Waals surface area (Å²) in [4.78, 5) is 0. The lowest BCUT2D eigenvalue weighted by atomic mass is 9.76. The monoisotopic (exact) mass is 278 g/mol. The van der Waals surface area contributed by atoms with Crippen LogP contribution >= 0.6 is 12.6 Å². The van der Waals surface area contributed by atoms with Crippen LogP contribution in [0.15, 0.2) is 30.3 Å². The Balaban J connectivity index is 1.81. The second kappa shape index (κ2) is 6.81. The second-order valence-electron chi connectivity index (χ2n) is 6.49. The van der Waals surface area contributed by atoms with Crippen molar-refractivity contribution in [3.05, 3.63) is 35.9 Å². The van der Waals surface area contributed by atoms with Crippen LogP contribution in [0.1, 0.15) is 51.0 Å². The Hall–Kier alpha value is -0.470. The van der Waals surface area contributed by atoms with E-state index in [1.807, 2.05) is 0 Å². The van der Waals surface area contributed by atoms with E-state index in [1.165, 1.54) is 31.2 Å². The van der Waals surface area contributed by atoms with Crippen molar-refractivity contribution in [1.82, 2.24) is 0 Å². The van der Waals surface area contributed by atoms with Gasteiger partial charge in [0, 0.05) is 5.92 Å².